The fraction of sp³-hybridized carbons (Fsp3) is 0.200. The Hall–Kier alpha value is -2.41. The molecule has 2 rings (SSSR count). The lowest BCUT2D eigenvalue weighted by Crippen LogP contribution is -2.46. The number of rotatable bonds is 7. The number of carbonyl (C=O) groups is 1. The van der Waals surface area contributed by atoms with Crippen LogP contribution in [-0.2, 0) is 26.1 Å². The summed E-state index contributed by atoms with van der Waals surface area (Å²) in [6.07, 6.45) is 3.02. The van der Waals surface area contributed by atoms with Crippen LogP contribution in [0, 0.1) is 0 Å². The molecule has 22 heavy (non-hydrogen) atoms. The number of pyridine rings is 1. The zero-order valence-electron chi connectivity index (χ0n) is 11.8. The van der Waals surface area contributed by atoms with Crippen molar-refractivity contribution >= 4 is 16.1 Å². The molecule has 0 N–H and O–H groups in total. The van der Waals surface area contributed by atoms with Gasteiger partial charge in [-0.15, -0.1) is 4.28 Å². The molecule has 0 atom stereocenters. The molecule has 0 spiro atoms. The van der Waals surface area contributed by atoms with Gasteiger partial charge in [0.15, 0.2) is 0 Å². The maximum Gasteiger partial charge on any atom is 0.370 e. The van der Waals surface area contributed by atoms with E-state index < -0.39 is 21.8 Å². The highest BCUT2D eigenvalue weighted by molar-refractivity contribution is 7.86. The molecule has 0 amide bonds. The van der Waals surface area contributed by atoms with E-state index in [0.29, 0.717) is 0 Å². The van der Waals surface area contributed by atoms with Crippen LogP contribution in [0.3, 0.4) is 0 Å². The van der Waals surface area contributed by atoms with Crippen molar-refractivity contribution in [2.75, 3.05) is 12.4 Å². The standard InChI is InChI=1S/C15H16NO5S/c17-15(13-14-7-3-1-4-8-14)20-11-12-22(18,19)21-16-9-5-2-6-10-16/h1-10H,11-13H2/q+1. The van der Waals surface area contributed by atoms with Crippen LogP contribution in [-0.4, -0.2) is 26.7 Å². The zero-order chi connectivity index (χ0) is 15.8. The Kier molecular flexibility index (Phi) is 5.48. The second-order valence-electron chi connectivity index (χ2n) is 4.45. The topological polar surface area (TPSA) is 73.5 Å². The monoisotopic (exact) mass is 322 g/mol. The first kappa shape index (κ1) is 16.0. The molecule has 7 heteroatoms. The molecule has 0 aliphatic carbocycles. The summed E-state index contributed by atoms with van der Waals surface area (Å²) < 4.78 is 34.2. The minimum absolute atomic E-state index is 0.106. The summed E-state index contributed by atoms with van der Waals surface area (Å²) in [6.45, 7) is -0.249. The zero-order valence-corrected chi connectivity index (χ0v) is 12.6. The smallest absolute Gasteiger partial charge is 0.370 e. The van der Waals surface area contributed by atoms with Gasteiger partial charge in [-0.2, -0.15) is 8.42 Å². The average molecular weight is 322 g/mol. The predicted octanol–water partition coefficient (Wildman–Crippen LogP) is 0.518. The van der Waals surface area contributed by atoms with Crippen LogP contribution in [0.4, 0.5) is 0 Å². The van der Waals surface area contributed by atoms with Crippen LogP contribution in [0.15, 0.2) is 60.9 Å². The normalized spacial score (nSPS) is 10.9. The molecular weight excluding hydrogens is 306 g/mol. The Bertz CT molecular complexity index is 701. The third kappa shape index (κ3) is 5.53. The minimum atomic E-state index is -3.82. The molecule has 0 unspecified atom stereocenters. The molecule has 0 aliphatic heterocycles. The van der Waals surface area contributed by atoms with Crippen LogP contribution < -0.4 is 9.01 Å². The lowest BCUT2D eigenvalue weighted by atomic mass is 10.2. The van der Waals surface area contributed by atoms with Gasteiger partial charge in [0.25, 0.3) is 0 Å². The predicted molar refractivity (Wildman–Crippen MR) is 78.1 cm³/mol. The quantitative estimate of drug-likeness (QED) is 0.549. The molecule has 2 aromatic rings. The maximum absolute atomic E-state index is 11.7. The van der Waals surface area contributed by atoms with E-state index in [2.05, 4.69) is 0 Å². The van der Waals surface area contributed by atoms with Gasteiger partial charge in [0, 0.05) is 16.9 Å². The number of benzene rings is 1. The van der Waals surface area contributed by atoms with E-state index in [1.54, 1.807) is 30.3 Å². The van der Waals surface area contributed by atoms with Gasteiger partial charge in [0.1, 0.15) is 12.4 Å². The lowest BCUT2D eigenvalue weighted by Gasteiger charge is -2.04. The summed E-state index contributed by atoms with van der Waals surface area (Å²) in [5.74, 6) is -0.885. The molecule has 6 nitrogen and oxygen atoms in total. The second-order valence-corrected chi connectivity index (χ2v) is 6.13. The third-order valence-corrected chi connectivity index (χ3v) is 3.74. The number of aromatic nitrogens is 1. The fourth-order valence-corrected chi connectivity index (χ4v) is 2.40. The first-order valence-corrected chi connectivity index (χ1v) is 8.21. The molecule has 1 aromatic heterocycles. The first-order chi connectivity index (χ1) is 10.6. The molecule has 0 fully saturated rings. The van der Waals surface area contributed by atoms with Crippen molar-refractivity contribution in [3.05, 3.63) is 66.5 Å². The summed E-state index contributed by atoms with van der Waals surface area (Å²) in [5, 5.41) is 0. The van der Waals surface area contributed by atoms with Crippen LogP contribution in [0.2, 0.25) is 0 Å². The maximum atomic E-state index is 11.7. The Morgan fingerprint density at radius 1 is 1.00 bits per heavy atom. The van der Waals surface area contributed by atoms with Crippen molar-refractivity contribution in [2.24, 2.45) is 0 Å². The molecule has 0 aliphatic rings. The number of hydrogen-bond donors (Lipinski definition) is 0. The van der Waals surface area contributed by atoms with E-state index in [1.165, 1.54) is 12.4 Å². The summed E-state index contributed by atoms with van der Waals surface area (Å²) in [6, 6.07) is 14.1. The Morgan fingerprint density at radius 3 is 2.32 bits per heavy atom. The highest BCUT2D eigenvalue weighted by Gasteiger charge is 2.19. The number of nitrogens with zero attached hydrogens (tertiary/aromatic N) is 1. The molecule has 0 saturated heterocycles. The van der Waals surface area contributed by atoms with Gasteiger partial charge in [-0.25, -0.2) is 0 Å². The van der Waals surface area contributed by atoms with Gasteiger partial charge in [-0.05, 0) is 5.56 Å². The lowest BCUT2D eigenvalue weighted by molar-refractivity contribution is -0.856. The van der Waals surface area contributed by atoms with Crippen molar-refractivity contribution in [3.8, 4) is 0 Å². The van der Waals surface area contributed by atoms with Gasteiger partial charge >= 0.3 is 16.1 Å². The van der Waals surface area contributed by atoms with Crippen LogP contribution in [0.25, 0.3) is 0 Å². The van der Waals surface area contributed by atoms with Gasteiger partial charge < -0.3 is 4.74 Å². The molecule has 116 valence electrons. The van der Waals surface area contributed by atoms with Gasteiger partial charge in [0.05, 0.1) is 6.42 Å². The Labute approximate surface area is 129 Å². The van der Waals surface area contributed by atoms with Crippen molar-refractivity contribution < 1.29 is 27.0 Å². The SMILES string of the molecule is O=C(Cc1ccccc1)OCCS(=O)(=O)O[n+]1ccccc1. The second kappa shape index (κ2) is 7.56. The van der Waals surface area contributed by atoms with E-state index in [-0.39, 0.29) is 13.0 Å². The first-order valence-electron chi connectivity index (χ1n) is 6.64. The minimum Gasteiger partial charge on any atom is -0.464 e. The van der Waals surface area contributed by atoms with Crippen LogP contribution >= 0.6 is 0 Å². The number of esters is 1. The van der Waals surface area contributed by atoms with Crippen molar-refractivity contribution in [1.82, 2.24) is 0 Å². The number of hydrogen-bond acceptors (Lipinski definition) is 5. The molecule has 0 bridgehead atoms. The summed E-state index contributed by atoms with van der Waals surface area (Å²) in [4.78, 5) is 11.6. The van der Waals surface area contributed by atoms with E-state index in [0.717, 1.165) is 10.3 Å². The van der Waals surface area contributed by atoms with Gasteiger partial charge in [0.2, 0.25) is 12.4 Å². The van der Waals surface area contributed by atoms with E-state index in [4.69, 9.17) is 9.02 Å². The number of ether oxygens (including phenoxy) is 1. The molecule has 1 aromatic carbocycles. The van der Waals surface area contributed by atoms with E-state index >= 15 is 0 Å². The Balaban J connectivity index is 1.76. The highest BCUT2D eigenvalue weighted by atomic mass is 32.2. The van der Waals surface area contributed by atoms with Crippen molar-refractivity contribution in [3.63, 3.8) is 0 Å². The molecular formula is C15H16NO5S+. The average Bonchev–Trinajstić information content (AvgIpc) is 2.48. The Morgan fingerprint density at radius 2 is 1.64 bits per heavy atom. The van der Waals surface area contributed by atoms with E-state index in [9.17, 15) is 13.2 Å². The van der Waals surface area contributed by atoms with Crippen LogP contribution in [0.5, 0.6) is 0 Å². The summed E-state index contributed by atoms with van der Waals surface area (Å²) in [5.41, 5.74) is 0.812. The van der Waals surface area contributed by atoms with Crippen molar-refractivity contribution in [2.45, 2.75) is 6.42 Å². The van der Waals surface area contributed by atoms with Crippen LogP contribution in [0.1, 0.15) is 5.56 Å². The highest BCUT2D eigenvalue weighted by Crippen LogP contribution is 2.01. The number of carbonyl (C=O) groups excluding carboxylic acids is 1. The largest absolute Gasteiger partial charge is 0.464 e. The molecule has 0 radical (unpaired) electrons. The third-order valence-electron chi connectivity index (χ3n) is 2.68. The molecule has 0 saturated carbocycles. The molecule has 1 heterocycles. The van der Waals surface area contributed by atoms with Gasteiger partial charge in [-0.3, -0.25) is 4.79 Å². The fourth-order valence-electron chi connectivity index (χ4n) is 1.67. The van der Waals surface area contributed by atoms with Gasteiger partial charge in [-0.1, -0.05) is 36.4 Å². The summed E-state index contributed by atoms with van der Waals surface area (Å²) >= 11 is 0. The van der Waals surface area contributed by atoms with E-state index in [1.807, 2.05) is 18.2 Å². The summed E-state index contributed by atoms with van der Waals surface area (Å²) in [7, 11) is -3.82. The van der Waals surface area contributed by atoms with Crippen molar-refractivity contribution in [1.29, 1.82) is 0 Å².